The van der Waals surface area contributed by atoms with Crippen LogP contribution in [0.2, 0.25) is 0 Å². The maximum atomic E-state index is 10.4. The summed E-state index contributed by atoms with van der Waals surface area (Å²) in [4.78, 5) is 10.4. The van der Waals surface area contributed by atoms with Crippen LogP contribution in [0, 0.1) is 0 Å². The summed E-state index contributed by atoms with van der Waals surface area (Å²) in [5, 5.41) is 0. The lowest BCUT2D eigenvalue weighted by Crippen LogP contribution is -2.23. The molecule has 0 radical (unpaired) electrons. The molecule has 2 nitrogen and oxygen atoms in total. The molecule has 0 bridgehead atoms. The Balaban J connectivity index is 0.000000291. The second-order valence-corrected chi connectivity index (χ2v) is 1.97. The van der Waals surface area contributed by atoms with Crippen LogP contribution in [0.3, 0.4) is 0 Å². The molecule has 1 rings (SSSR count). The van der Waals surface area contributed by atoms with E-state index in [0.29, 0.717) is 6.42 Å². The van der Waals surface area contributed by atoms with Gasteiger partial charge in [-0.2, -0.15) is 0 Å². The maximum absolute atomic E-state index is 10.4. The van der Waals surface area contributed by atoms with Gasteiger partial charge in [-0.25, -0.2) is 0 Å². The summed E-state index contributed by atoms with van der Waals surface area (Å²) >= 11 is 0. The molecule has 1 aliphatic rings. The third-order valence-corrected chi connectivity index (χ3v) is 1.35. The van der Waals surface area contributed by atoms with Crippen LogP contribution in [0.15, 0.2) is 0 Å². The molecule has 0 aromatic carbocycles. The zero-order valence-corrected chi connectivity index (χ0v) is 6.18. The van der Waals surface area contributed by atoms with E-state index in [2.05, 4.69) is 0 Å². The van der Waals surface area contributed by atoms with Gasteiger partial charge in [0.2, 0.25) is 0 Å². The molecule has 0 spiro atoms. The topological polar surface area (TPSA) is 43.1 Å². The van der Waals surface area contributed by atoms with Crippen LogP contribution in [0.5, 0.6) is 0 Å². The number of nitrogens with two attached hydrogens (primary N) is 1. The normalized spacial score (nSPS) is 25.2. The molecule has 0 heterocycles. The molecule has 0 aromatic rings. The number of carbonyl (C=O) groups excluding carboxylic acids is 1. The molecular weight excluding hydrogens is 114 g/mol. The number of ketones is 1. The van der Waals surface area contributed by atoms with Gasteiger partial charge in [-0.3, -0.25) is 4.79 Å². The van der Waals surface area contributed by atoms with E-state index in [9.17, 15) is 4.79 Å². The zero-order valence-electron chi connectivity index (χ0n) is 6.18. The van der Waals surface area contributed by atoms with Crippen molar-refractivity contribution in [2.24, 2.45) is 5.73 Å². The summed E-state index contributed by atoms with van der Waals surface area (Å²) < 4.78 is 0. The zero-order chi connectivity index (χ0) is 7.28. The molecule has 54 valence electrons. The molecule has 0 aliphatic heterocycles. The number of hydrogen-bond acceptors (Lipinski definition) is 2. The fraction of sp³-hybridized carbons (Fsp3) is 0.857. The predicted molar refractivity (Wildman–Crippen MR) is 38.2 cm³/mol. The van der Waals surface area contributed by atoms with E-state index >= 15 is 0 Å². The number of Topliss-reactive ketones (excluding diaryl/α,β-unsaturated/α-hetero) is 1. The standard InChI is InChI=1S/C5H9NO.C2H6/c6-4-2-1-3-5(4)7;1-2/h4H,1-3,6H2;1-2H3. The molecule has 0 aromatic heterocycles. The summed E-state index contributed by atoms with van der Waals surface area (Å²) in [6, 6.07) is -0.125. The van der Waals surface area contributed by atoms with Crippen molar-refractivity contribution in [1.29, 1.82) is 0 Å². The van der Waals surface area contributed by atoms with Crippen LogP contribution >= 0.6 is 0 Å². The van der Waals surface area contributed by atoms with Gasteiger partial charge in [-0.1, -0.05) is 13.8 Å². The second kappa shape index (κ2) is 4.50. The van der Waals surface area contributed by atoms with Gasteiger partial charge in [-0.15, -0.1) is 0 Å². The largest absolute Gasteiger partial charge is 0.322 e. The predicted octanol–water partition coefficient (Wildman–Crippen LogP) is 1.09. The van der Waals surface area contributed by atoms with E-state index < -0.39 is 0 Å². The minimum atomic E-state index is -0.125. The van der Waals surface area contributed by atoms with Crippen LogP contribution in [0.1, 0.15) is 33.1 Å². The Morgan fingerprint density at radius 3 is 2.22 bits per heavy atom. The van der Waals surface area contributed by atoms with Crippen LogP contribution in [0.4, 0.5) is 0 Å². The molecule has 1 saturated carbocycles. The summed E-state index contributed by atoms with van der Waals surface area (Å²) in [5.41, 5.74) is 5.33. The van der Waals surface area contributed by atoms with E-state index in [-0.39, 0.29) is 11.8 Å². The highest BCUT2D eigenvalue weighted by molar-refractivity contribution is 5.85. The second-order valence-electron chi connectivity index (χ2n) is 1.97. The van der Waals surface area contributed by atoms with Crippen LogP contribution in [-0.2, 0) is 4.79 Å². The van der Waals surface area contributed by atoms with Crippen molar-refractivity contribution >= 4 is 5.78 Å². The van der Waals surface area contributed by atoms with Crippen molar-refractivity contribution in [2.75, 3.05) is 0 Å². The highest BCUT2D eigenvalue weighted by Gasteiger charge is 2.18. The highest BCUT2D eigenvalue weighted by atomic mass is 16.1. The minimum Gasteiger partial charge on any atom is -0.322 e. The summed E-state index contributed by atoms with van der Waals surface area (Å²) in [5.74, 6) is 0.236. The molecule has 9 heavy (non-hydrogen) atoms. The van der Waals surface area contributed by atoms with Gasteiger partial charge in [-0.05, 0) is 12.8 Å². The average molecular weight is 129 g/mol. The lowest BCUT2D eigenvalue weighted by molar-refractivity contribution is -0.118. The van der Waals surface area contributed by atoms with Gasteiger partial charge in [0.05, 0.1) is 6.04 Å². The Hall–Kier alpha value is -0.370. The molecule has 0 saturated heterocycles. The summed E-state index contributed by atoms with van der Waals surface area (Å²) in [6.45, 7) is 4.00. The summed E-state index contributed by atoms with van der Waals surface area (Å²) in [7, 11) is 0. The SMILES string of the molecule is CC.NC1CCCC1=O. The van der Waals surface area contributed by atoms with Crippen molar-refractivity contribution in [1.82, 2.24) is 0 Å². The Morgan fingerprint density at radius 2 is 2.11 bits per heavy atom. The van der Waals surface area contributed by atoms with E-state index in [0.717, 1.165) is 12.8 Å². The monoisotopic (exact) mass is 129 g/mol. The number of hydrogen-bond donors (Lipinski definition) is 1. The Kier molecular flexibility index (Phi) is 4.32. The van der Waals surface area contributed by atoms with Crippen molar-refractivity contribution in [3.8, 4) is 0 Å². The van der Waals surface area contributed by atoms with Crippen LogP contribution in [-0.4, -0.2) is 11.8 Å². The molecule has 1 aliphatic carbocycles. The molecule has 2 heteroatoms. The Labute approximate surface area is 56.4 Å². The first kappa shape index (κ1) is 8.63. The number of rotatable bonds is 0. The fourth-order valence-electron chi connectivity index (χ4n) is 0.843. The van der Waals surface area contributed by atoms with Crippen LogP contribution in [0.25, 0.3) is 0 Å². The molecular formula is C7H15NO. The molecule has 0 amide bonds. The van der Waals surface area contributed by atoms with Gasteiger partial charge in [0, 0.05) is 6.42 Å². The molecule has 2 N–H and O–H groups in total. The molecule has 1 fully saturated rings. The Bertz CT molecular complexity index is 90.9. The Morgan fingerprint density at radius 1 is 1.56 bits per heavy atom. The lowest BCUT2D eigenvalue weighted by atomic mass is 10.3. The van der Waals surface area contributed by atoms with Crippen LogP contribution < -0.4 is 5.73 Å². The first-order valence-electron chi connectivity index (χ1n) is 3.59. The minimum absolute atomic E-state index is 0.125. The average Bonchev–Trinajstić information content (AvgIpc) is 2.23. The summed E-state index contributed by atoms with van der Waals surface area (Å²) in [6.07, 6.45) is 2.61. The first-order chi connectivity index (χ1) is 4.30. The van der Waals surface area contributed by atoms with E-state index in [1.807, 2.05) is 13.8 Å². The third kappa shape index (κ3) is 2.61. The van der Waals surface area contributed by atoms with Crippen molar-refractivity contribution in [3.63, 3.8) is 0 Å². The quantitative estimate of drug-likeness (QED) is 0.532. The van der Waals surface area contributed by atoms with Crippen molar-refractivity contribution in [2.45, 2.75) is 39.2 Å². The number of carbonyl (C=O) groups is 1. The van der Waals surface area contributed by atoms with Gasteiger partial charge in [0.1, 0.15) is 5.78 Å². The van der Waals surface area contributed by atoms with Gasteiger partial charge in [0.15, 0.2) is 0 Å². The highest BCUT2D eigenvalue weighted by Crippen LogP contribution is 2.10. The van der Waals surface area contributed by atoms with Gasteiger partial charge >= 0.3 is 0 Å². The lowest BCUT2D eigenvalue weighted by Gasteiger charge is -1.92. The fourth-order valence-corrected chi connectivity index (χ4v) is 0.843. The maximum Gasteiger partial charge on any atom is 0.149 e. The smallest absolute Gasteiger partial charge is 0.149 e. The molecule has 1 unspecified atom stereocenters. The van der Waals surface area contributed by atoms with E-state index in [4.69, 9.17) is 5.73 Å². The van der Waals surface area contributed by atoms with E-state index in [1.54, 1.807) is 0 Å². The van der Waals surface area contributed by atoms with Crippen molar-refractivity contribution < 1.29 is 4.79 Å². The van der Waals surface area contributed by atoms with Crippen molar-refractivity contribution in [3.05, 3.63) is 0 Å². The first-order valence-corrected chi connectivity index (χ1v) is 3.59. The molecule has 1 atom stereocenters. The van der Waals surface area contributed by atoms with E-state index in [1.165, 1.54) is 0 Å². The van der Waals surface area contributed by atoms with Gasteiger partial charge < -0.3 is 5.73 Å². The van der Waals surface area contributed by atoms with Gasteiger partial charge in [0.25, 0.3) is 0 Å². The third-order valence-electron chi connectivity index (χ3n) is 1.35.